The van der Waals surface area contributed by atoms with Gasteiger partial charge in [-0.25, -0.2) is 8.42 Å². The van der Waals surface area contributed by atoms with Crippen LogP contribution in [0.25, 0.3) is 0 Å². The van der Waals surface area contributed by atoms with Crippen LogP contribution in [0, 0.1) is 17.8 Å². The van der Waals surface area contributed by atoms with Crippen molar-refractivity contribution in [1.29, 1.82) is 0 Å². The Kier molecular flexibility index (Phi) is 3.29. The fourth-order valence-corrected chi connectivity index (χ4v) is 4.33. The summed E-state index contributed by atoms with van der Waals surface area (Å²) in [6, 6.07) is 7.09. The topological polar surface area (TPSA) is 46.2 Å². The normalized spacial score (nSPS) is 29.6. The third-order valence-corrected chi connectivity index (χ3v) is 5.86. The summed E-state index contributed by atoms with van der Waals surface area (Å²) >= 11 is 0. The van der Waals surface area contributed by atoms with Gasteiger partial charge in [0.1, 0.15) is 0 Å². The van der Waals surface area contributed by atoms with Crippen molar-refractivity contribution in [2.24, 2.45) is 17.8 Å². The van der Waals surface area contributed by atoms with Crippen LogP contribution in [0.2, 0.25) is 0 Å². The number of benzene rings is 1. The minimum absolute atomic E-state index is 0.387. The van der Waals surface area contributed by atoms with Crippen LogP contribution in [0.5, 0.6) is 0 Å². The standard InChI is InChI=1S/C15H21NO2S/c1-19(17,18)15-6-4-14(5-7-15)16-10-13-9-11-2-3-12(13)8-11/h4-7,11-13,16H,2-3,8-10H2,1H3. The molecule has 2 fully saturated rings. The number of sulfone groups is 1. The molecular formula is C15H21NO2S. The van der Waals surface area contributed by atoms with E-state index in [1.54, 1.807) is 12.1 Å². The van der Waals surface area contributed by atoms with Crippen LogP contribution in [0.1, 0.15) is 25.7 Å². The predicted octanol–water partition coefficient (Wildman–Crippen LogP) is 2.94. The summed E-state index contributed by atoms with van der Waals surface area (Å²) in [5.41, 5.74) is 1.02. The zero-order chi connectivity index (χ0) is 13.5. The third-order valence-electron chi connectivity index (χ3n) is 4.74. The molecular weight excluding hydrogens is 258 g/mol. The molecule has 0 radical (unpaired) electrons. The molecule has 3 atom stereocenters. The monoisotopic (exact) mass is 279 g/mol. The molecule has 1 aromatic rings. The molecule has 0 spiro atoms. The average molecular weight is 279 g/mol. The van der Waals surface area contributed by atoms with Crippen LogP contribution in [0.3, 0.4) is 0 Å². The summed E-state index contributed by atoms with van der Waals surface area (Å²) < 4.78 is 22.8. The van der Waals surface area contributed by atoms with Crippen LogP contribution in [-0.4, -0.2) is 21.2 Å². The van der Waals surface area contributed by atoms with E-state index >= 15 is 0 Å². The number of rotatable bonds is 4. The van der Waals surface area contributed by atoms with Gasteiger partial charge >= 0.3 is 0 Å². The Morgan fingerprint density at radius 3 is 2.42 bits per heavy atom. The molecule has 19 heavy (non-hydrogen) atoms. The maximum Gasteiger partial charge on any atom is 0.175 e. The lowest BCUT2D eigenvalue weighted by molar-refractivity contribution is 0.348. The van der Waals surface area contributed by atoms with E-state index in [4.69, 9.17) is 0 Å². The lowest BCUT2D eigenvalue weighted by atomic mass is 9.89. The highest BCUT2D eigenvalue weighted by molar-refractivity contribution is 7.90. The van der Waals surface area contributed by atoms with Crippen molar-refractivity contribution < 1.29 is 8.42 Å². The second-order valence-electron chi connectivity index (χ2n) is 6.11. The van der Waals surface area contributed by atoms with Gasteiger partial charge in [0.25, 0.3) is 0 Å². The van der Waals surface area contributed by atoms with E-state index in [0.29, 0.717) is 4.90 Å². The molecule has 0 aromatic heterocycles. The van der Waals surface area contributed by atoms with Gasteiger partial charge in [0, 0.05) is 18.5 Å². The zero-order valence-electron chi connectivity index (χ0n) is 11.3. The lowest BCUT2D eigenvalue weighted by Gasteiger charge is -2.22. The first-order valence-corrected chi connectivity index (χ1v) is 8.95. The number of anilines is 1. The van der Waals surface area contributed by atoms with E-state index in [-0.39, 0.29) is 0 Å². The predicted molar refractivity (Wildman–Crippen MR) is 77.0 cm³/mol. The Balaban J connectivity index is 1.59. The van der Waals surface area contributed by atoms with E-state index in [9.17, 15) is 8.42 Å². The minimum Gasteiger partial charge on any atom is -0.385 e. The number of hydrogen-bond donors (Lipinski definition) is 1. The largest absolute Gasteiger partial charge is 0.385 e. The van der Waals surface area contributed by atoms with Gasteiger partial charge in [-0.15, -0.1) is 0 Å². The molecule has 1 aromatic carbocycles. The van der Waals surface area contributed by atoms with Crippen LogP contribution in [-0.2, 0) is 9.84 Å². The van der Waals surface area contributed by atoms with Crippen molar-refractivity contribution >= 4 is 15.5 Å². The lowest BCUT2D eigenvalue weighted by Crippen LogP contribution is -2.20. The Labute approximate surface area is 115 Å². The summed E-state index contributed by atoms with van der Waals surface area (Å²) in [5.74, 6) is 2.71. The van der Waals surface area contributed by atoms with E-state index in [1.165, 1.54) is 31.9 Å². The summed E-state index contributed by atoms with van der Waals surface area (Å²) in [7, 11) is -3.08. The molecule has 2 bridgehead atoms. The summed E-state index contributed by atoms with van der Waals surface area (Å²) in [6.45, 7) is 1.03. The molecule has 3 nitrogen and oxygen atoms in total. The molecule has 4 heteroatoms. The van der Waals surface area contributed by atoms with Crippen molar-refractivity contribution in [3.8, 4) is 0 Å². The first-order chi connectivity index (χ1) is 9.02. The van der Waals surface area contributed by atoms with Crippen molar-refractivity contribution in [3.05, 3.63) is 24.3 Å². The molecule has 2 saturated carbocycles. The van der Waals surface area contributed by atoms with Crippen LogP contribution >= 0.6 is 0 Å². The van der Waals surface area contributed by atoms with Gasteiger partial charge in [-0.05, 0) is 61.3 Å². The van der Waals surface area contributed by atoms with Crippen LogP contribution in [0.15, 0.2) is 29.2 Å². The smallest absolute Gasteiger partial charge is 0.175 e. The maximum atomic E-state index is 11.4. The van der Waals surface area contributed by atoms with E-state index in [2.05, 4.69) is 5.32 Å². The van der Waals surface area contributed by atoms with Gasteiger partial charge < -0.3 is 5.32 Å². The van der Waals surface area contributed by atoms with E-state index in [0.717, 1.165) is 30.0 Å². The van der Waals surface area contributed by atoms with Crippen molar-refractivity contribution in [2.45, 2.75) is 30.6 Å². The Hall–Kier alpha value is -1.03. The molecule has 0 heterocycles. The summed E-state index contributed by atoms with van der Waals surface area (Å²) in [4.78, 5) is 0.387. The molecule has 3 unspecified atom stereocenters. The maximum absolute atomic E-state index is 11.4. The number of fused-ring (bicyclic) bond motifs is 2. The SMILES string of the molecule is CS(=O)(=O)c1ccc(NCC2CC3CCC2C3)cc1. The molecule has 104 valence electrons. The van der Waals surface area contributed by atoms with E-state index < -0.39 is 9.84 Å². The highest BCUT2D eigenvalue weighted by Gasteiger charge is 2.38. The highest BCUT2D eigenvalue weighted by atomic mass is 32.2. The Morgan fingerprint density at radius 2 is 1.89 bits per heavy atom. The second-order valence-corrected chi connectivity index (χ2v) is 8.13. The van der Waals surface area contributed by atoms with Crippen molar-refractivity contribution in [2.75, 3.05) is 18.1 Å². The highest BCUT2D eigenvalue weighted by Crippen LogP contribution is 2.48. The van der Waals surface area contributed by atoms with Gasteiger partial charge in [-0.3, -0.25) is 0 Å². The molecule has 2 aliphatic carbocycles. The first kappa shape index (κ1) is 13.0. The van der Waals surface area contributed by atoms with E-state index in [1.807, 2.05) is 12.1 Å². The minimum atomic E-state index is -3.08. The molecule has 1 N–H and O–H groups in total. The summed E-state index contributed by atoms with van der Waals surface area (Å²) in [5, 5.41) is 3.46. The van der Waals surface area contributed by atoms with Gasteiger partial charge in [0.05, 0.1) is 4.90 Å². The molecule has 2 aliphatic rings. The first-order valence-electron chi connectivity index (χ1n) is 7.06. The quantitative estimate of drug-likeness (QED) is 0.921. The number of hydrogen-bond acceptors (Lipinski definition) is 3. The third kappa shape index (κ3) is 2.78. The van der Waals surface area contributed by atoms with Gasteiger partial charge in [-0.1, -0.05) is 6.42 Å². The molecule has 0 amide bonds. The Morgan fingerprint density at radius 1 is 1.16 bits per heavy atom. The molecule has 0 saturated heterocycles. The van der Waals surface area contributed by atoms with Gasteiger partial charge in [-0.2, -0.15) is 0 Å². The van der Waals surface area contributed by atoms with Crippen molar-refractivity contribution in [3.63, 3.8) is 0 Å². The molecule has 0 aliphatic heterocycles. The second kappa shape index (κ2) is 4.82. The average Bonchev–Trinajstić information content (AvgIpc) is 2.98. The zero-order valence-corrected chi connectivity index (χ0v) is 12.1. The van der Waals surface area contributed by atoms with Crippen molar-refractivity contribution in [1.82, 2.24) is 0 Å². The van der Waals surface area contributed by atoms with Crippen LogP contribution in [0.4, 0.5) is 5.69 Å². The number of nitrogens with one attached hydrogen (secondary N) is 1. The van der Waals surface area contributed by atoms with Gasteiger partial charge in [0.2, 0.25) is 0 Å². The Bertz CT molecular complexity index is 550. The fraction of sp³-hybridized carbons (Fsp3) is 0.600. The van der Waals surface area contributed by atoms with Gasteiger partial charge in [0.15, 0.2) is 9.84 Å². The molecule has 3 rings (SSSR count). The fourth-order valence-electron chi connectivity index (χ4n) is 3.70. The summed E-state index contributed by atoms with van der Waals surface area (Å²) in [6.07, 6.45) is 6.89. The van der Waals surface area contributed by atoms with Crippen LogP contribution < -0.4 is 5.32 Å².